The number of amides is 1. The summed E-state index contributed by atoms with van der Waals surface area (Å²) in [6.45, 7) is 0.326. The van der Waals surface area contributed by atoms with Crippen molar-refractivity contribution >= 4 is 38.2 Å². The standard InChI is InChI=1S/C27H22FN3O5S2/c28-20-8-5-18(6-9-20)26(27(33)31(16-21-3-1-13-36-21)17-22-4-2-14-37-22)30-38(34,35)23-10-11-24-19(15-23)7-12-25(32)29-24/h1-15,26,30H,16-17H2,(H,29,32)/t26-/m1/s1. The maximum Gasteiger partial charge on any atom is 0.248 e. The number of halogens is 1. The molecule has 0 spiro atoms. The smallest absolute Gasteiger partial charge is 0.248 e. The number of pyridine rings is 1. The van der Waals surface area contributed by atoms with Crippen molar-refractivity contribution in [2.75, 3.05) is 0 Å². The number of carbonyl (C=O) groups is 1. The van der Waals surface area contributed by atoms with Crippen molar-refractivity contribution in [1.29, 1.82) is 0 Å². The summed E-state index contributed by atoms with van der Waals surface area (Å²) in [4.78, 5) is 30.5. The molecular formula is C27H22FN3O5S2. The number of aromatic nitrogens is 1. The minimum absolute atomic E-state index is 0.0900. The van der Waals surface area contributed by atoms with Gasteiger partial charge < -0.3 is 14.3 Å². The van der Waals surface area contributed by atoms with Crippen LogP contribution in [0.25, 0.3) is 10.9 Å². The summed E-state index contributed by atoms with van der Waals surface area (Å²) in [5.41, 5.74) is 0.444. The number of rotatable bonds is 9. The summed E-state index contributed by atoms with van der Waals surface area (Å²) in [5, 5.41) is 2.40. The maximum atomic E-state index is 14.0. The van der Waals surface area contributed by atoms with Crippen LogP contribution in [0.1, 0.15) is 22.2 Å². The van der Waals surface area contributed by atoms with Gasteiger partial charge >= 0.3 is 0 Å². The minimum Gasteiger partial charge on any atom is -0.467 e. The van der Waals surface area contributed by atoms with Gasteiger partial charge in [0, 0.05) is 16.5 Å². The second-order valence-electron chi connectivity index (χ2n) is 8.53. The minimum atomic E-state index is -4.23. The van der Waals surface area contributed by atoms with Crippen LogP contribution in [-0.2, 0) is 27.9 Å². The first-order valence-electron chi connectivity index (χ1n) is 11.5. The van der Waals surface area contributed by atoms with Crippen LogP contribution in [0.5, 0.6) is 0 Å². The molecule has 0 aliphatic carbocycles. The molecule has 0 aliphatic rings. The molecule has 1 atom stereocenters. The molecule has 0 unspecified atom stereocenters. The van der Waals surface area contributed by atoms with Crippen LogP contribution in [-0.4, -0.2) is 24.2 Å². The average Bonchev–Trinajstić information content (AvgIpc) is 3.61. The highest BCUT2D eigenvalue weighted by Crippen LogP contribution is 2.25. The van der Waals surface area contributed by atoms with Crippen LogP contribution >= 0.6 is 11.3 Å². The van der Waals surface area contributed by atoms with E-state index in [0.717, 1.165) is 4.88 Å². The number of fused-ring (bicyclic) bond motifs is 1. The molecule has 0 aliphatic heterocycles. The monoisotopic (exact) mass is 551 g/mol. The lowest BCUT2D eigenvalue weighted by Gasteiger charge is -2.27. The van der Waals surface area contributed by atoms with Gasteiger partial charge in [-0.2, -0.15) is 4.72 Å². The van der Waals surface area contributed by atoms with Crippen molar-refractivity contribution in [3.63, 3.8) is 0 Å². The van der Waals surface area contributed by atoms with E-state index in [4.69, 9.17) is 4.42 Å². The van der Waals surface area contributed by atoms with Gasteiger partial charge in [-0.25, -0.2) is 12.8 Å². The number of carbonyl (C=O) groups excluding carboxylic acids is 1. The lowest BCUT2D eigenvalue weighted by molar-refractivity contribution is -0.134. The van der Waals surface area contributed by atoms with Crippen LogP contribution in [0.4, 0.5) is 4.39 Å². The lowest BCUT2D eigenvalue weighted by Crippen LogP contribution is -2.42. The van der Waals surface area contributed by atoms with E-state index in [0.29, 0.717) is 16.7 Å². The molecule has 5 aromatic rings. The molecule has 0 saturated carbocycles. The number of aromatic amines is 1. The van der Waals surface area contributed by atoms with Crippen molar-refractivity contribution in [3.05, 3.63) is 123 Å². The van der Waals surface area contributed by atoms with E-state index in [1.807, 2.05) is 17.5 Å². The highest BCUT2D eigenvalue weighted by molar-refractivity contribution is 7.89. The molecule has 11 heteroatoms. The van der Waals surface area contributed by atoms with Crippen LogP contribution in [0.15, 0.2) is 105 Å². The predicted molar refractivity (Wildman–Crippen MR) is 141 cm³/mol. The number of hydrogen-bond acceptors (Lipinski definition) is 6. The Labute approximate surface area is 221 Å². The molecule has 2 aromatic carbocycles. The quantitative estimate of drug-likeness (QED) is 0.279. The van der Waals surface area contributed by atoms with E-state index >= 15 is 0 Å². The Balaban J connectivity index is 1.52. The number of hydrogen-bond donors (Lipinski definition) is 2. The first-order valence-corrected chi connectivity index (χ1v) is 13.9. The highest BCUT2D eigenvalue weighted by atomic mass is 32.2. The summed E-state index contributed by atoms with van der Waals surface area (Å²) in [5.74, 6) is -0.522. The van der Waals surface area contributed by atoms with Gasteiger partial charge in [0.1, 0.15) is 17.6 Å². The van der Waals surface area contributed by atoms with E-state index < -0.39 is 27.8 Å². The molecule has 0 fully saturated rings. The predicted octanol–water partition coefficient (Wildman–Crippen LogP) is 4.57. The van der Waals surface area contributed by atoms with Crippen LogP contribution in [0.2, 0.25) is 0 Å². The third-order valence-corrected chi connectivity index (χ3v) is 8.18. The largest absolute Gasteiger partial charge is 0.467 e. The average molecular weight is 552 g/mol. The maximum absolute atomic E-state index is 14.0. The zero-order valence-electron chi connectivity index (χ0n) is 19.8. The Kier molecular flexibility index (Phi) is 7.23. The van der Waals surface area contributed by atoms with Crippen LogP contribution in [0.3, 0.4) is 0 Å². The first-order chi connectivity index (χ1) is 18.3. The fourth-order valence-corrected chi connectivity index (χ4v) is 5.95. The SMILES string of the molecule is O=C([C@H](NS(=O)(=O)c1ccc2[nH]c(=O)ccc2c1)c1ccc(F)cc1)N(Cc1ccco1)Cc1cccs1. The Morgan fingerprint density at radius 2 is 1.84 bits per heavy atom. The third kappa shape index (κ3) is 5.75. The zero-order chi connectivity index (χ0) is 26.7. The molecule has 3 heterocycles. The Hall–Kier alpha value is -4.06. The van der Waals surface area contributed by atoms with E-state index in [1.54, 1.807) is 12.1 Å². The van der Waals surface area contributed by atoms with E-state index in [9.17, 15) is 22.4 Å². The second kappa shape index (κ2) is 10.7. The number of furan rings is 1. The van der Waals surface area contributed by atoms with Crippen LogP contribution in [0, 0.1) is 5.82 Å². The van der Waals surface area contributed by atoms with Crippen molar-refractivity contribution in [1.82, 2.24) is 14.6 Å². The molecular weight excluding hydrogens is 529 g/mol. The number of thiophene rings is 1. The van der Waals surface area contributed by atoms with E-state index in [1.165, 1.54) is 77.1 Å². The van der Waals surface area contributed by atoms with Crippen molar-refractivity contribution < 1.29 is 22.0 Å². The molecule has 194 valence electrons. The Morgan fingerprint density at radius 1 is 1.03 bits per heavy atom. The normalized spacial score (nSPS) is 12.4. The fraction of sp³-hybridized carbons (Fsp3) is 0.111. The van der Waals surface area contributed by atoms with Crippen molar-refractivity contribution in [2.24, 2.45) is 0 Å². The Morgan fingerprint density at radius 3 is 2.55 bits per heavy atom. The lowest BCUT2D eigenvalue weighted by atomic mass is 10.1. The van der Waals surface area contributed by atoms with Gasteiger partial charge in [-0.3, -0.25) is 9.59 Å². The highest BCUT2D eigenvalue weighted by Gasteiger charge is 2.32. The molecule has 38 heavy (non-hydrogen) atoms. The van der Waals surface area contributed by atoms with Crippen molar-refractivity contribution in [3.8, 4) is 0 Å². The molecule has 8 nitrogen and oxygen atoms in total. The van der Waals surface area contributed by atoms with Crippen molar-refractivity contribution in [2.45, 2.75) is 24.0 Å². The number of H-pyrrole nitrogens is 1. The molecule has 0 saturated heterocycles. The molecule has 2 N–H and O–H groups in total. The number of benzene rings is 2. The molecule has 3 aromatic heterocycles. The summed E-state index contributed by atoms with van der Waals surface area (Å²) in [6, 6.07) is 18.0. The molecule has 1 amide bonds. The van der Waals surface area contributed by atoms with Gasteiger partial charge in [0.2, 0.25) is 21.5 Å². The van der Waals surface area contributed by atoms with Gasteiger partial charge in [-0.15, -0.1) is 11.3 Å². The molecule has 5 rings (SSSR count). The fourth-order valence-electron chi connectivity index (χ4n) is 4.01. The van der Waals surface area contributed by atoms with Gasteiger partial charge in [0.15, 0.2) is 0 Å². The first kappa shape index (κ1) is 25.6. The Bertz CT molecular complexity index is 1680. The number of sulfonamides is 1. The van der Waals surface area contributed by atoms with Gasteiger partial charge in [0.25, 0.3) is 0 Å². The van der Waals surface area contributed by atoms with E-state index in [2.05, 4.69) is 9.71 Å². The third-order valence-electron chi connectivity index (χ3n) is 5.89. The number of nitrogens with zero attached hydrogens (tertiary/aromatic N) is 1. The summed E-state index contributed by atoms with van der Waals surface area (Å²) >= 11 is 1.46. The summed E-state index contributed by atoms with van der Waals surface area (Å²) < 4.78 is 48.7. The zero-order valence-corrected chi connectivity index (χ0v) is 21.5. The summed E-state index contributed by atoms with van der Waals surface area (Å²) in [7, 11) is -4.23. The van der Waals surface area contributed by atoms with E-state index in [-0.39, 0.29) is 29.1 Å². The summed E-state index contributed by atoms with van der Waals surface area (Å²) in [6.07, 6.45) is 1.50. The molecule has 0 radical (unpaired) electrons. The van der Waals surface area contributed by atoms with Gasteiger partial charge in [-0.05, 0) is 70.9 Å². The number of nitrogens with one attached hydrogen (secondary N) is 2. The van der Waals surface area contributed by atoms with Gasteiger partial charge in [-0.1, -0.05) is 18.2 Å². The van der Waals surface area contributed by atoms with Crippen LogP contribution < -0.4 is 10.3 Å². The molecule has 0 bridgehead atoms. The van der Waals surface area contributed by atoms with Gasteiger partial charge in [0.05, 0.1) is 24.2 Å². The second-order valence-corrected chi connectivity index (χ2v) is 11.3. The topological polar surface area (TPSA) is 112 Å².